The van der Waals surface area contributed by atoms with Crippen molar-refractivity contribution >= 4 is 0 Å². The molecule has 0 bridgehead atoms. The number of nitrogens with two attached hydrogens (primary N) is 1. The van der Waals surface area contributed by atoms with Crippen molar-refractivity contribution in [2.24, 2.45) is 5.73 Å². The summed E-state index contributed by atoms with van der Waals surface area (Å²) in [6, 6.07) is 11.4. The Morgan fingerprint density at radius 2 is 2.10 bits per heavy atom. The van der Waals surface area contributed by atoms with Crippen LogP contribution in [0.15, 0.2) is 30.3 Å². The molecular formula is C18H30N2O. The predicted octanol–water partition coefficient (Wildman–Crippen LogP) is 3.19. The first-order chi connectivity index (χ1) is 10.2. The second kappa shape index (κ2) is 7.92. The van der Waals surface area contributed by atoms with Gasteiger partial charge in [-0.25, -0.2) is 0 Å². The van der Waals surface area contributed by atoms with E-state index in [2.05, 4.69) is 49.1 Å². The van der Waals surface area contributed by atoms with E-state index in [9.17, 15) is 0 Å². The molecule has 118 valence electrons. The van der Waals surface area contributed by atoms with Gasteiger partial charge in [-0.1, -0.05) is 37.3 Å². The highest BCUT2D eigenvalue weighted by Crippen LogP contribution is 2.31. The zero-order chi connectivity index (χ0) is 15.1. The molecule has 0 amide bonds. The molecule has 1 saturated heterocycles. The average Bonchev–Trinajstić information content (AvgIpc) is 2.52. The third-order valence-electron chi connectivity index (χ3n) is 4.71. The van der Waals surface area contributed by atoms with Gasteiger partial charge >= 0.3 is 0 Å². The third-order valence-corrected chi connectivity index (χ3v) is 4.71. The van der Waals surface area contributed by atoms with Gasteiger partial charge in [-0.05, 0) is 51.3 Å². The zero-order valence-corrected chi connectivity index (χ0v) is 13.6. The van der Waals surface area contributed by atoms with E-state index < -0.39 is 0 Å². The Morgan fingerprint density at radius 3 is 2.76 bits per heavy atom. The van der Waals surface area contributed by atoms with E-state index in [4.69, 9.17) is 10.5 Å². The van der Waals surface area contributed by atoms with Gasteiger partial charge in [0.2, 0.25) is 0 Å². The highest BCUT2D eigenvalue weighted by Gasteiger charge is 2.34. The van der Waals surface area contributed by atoms with E-state index in [-0.39, 0.29) is 5.60 Å². The van der Waals surface area contributed by atoms with E-state index >= 15 is 0 Å². The van der Waals surface area contributed by atoms with E-state index in [1.54, 1.807) is 0 Å². The maximum atomic E-state index is 6.00. The normalized spacial score (nSPS) is 26.2. The summed E-state index contributed by atoms with van der Waals surface area (Å²) < 4.78 is 6.00. The van der Waals surface area contributed by atoms with E-state index in [0.29, 0.717) is 6.04 Å². The lowest BCUT2D eigenvalue weighted by Crippen LogP contribution is -2.47. The molecule has 1 aliphatic heterocycles. The molecule has 1 heterocycles. The summed E-state index contributed by atoms with van der Waals surface area (Å²) in [7, 11) is 0. The first-order valence-electron chi connectivity index (χ1n) is 8.29. The first-order valence-corrected chi connectivity index (χ1v) is 8.29. The molecule has 2 unspecified atom stereocenters. The number of benzene rings is 1. The summed E-state index contributed by atoms with van der Waals surface area (Å²) in [4.78, 5) is 2.61. The second-order valence-electron chi connectivity index (χ2n) is 6.40. The topological polar surface area (TPSA) is 38.5 Å². The van der Waals surface area contributed by atoms with Gasteiger partial charge in [0.15, 0.2) is 0 Å². The molecule has 21 heavy (non-hydrogen) atoms. The zero-order valence-electron chi connectivity index (χ0n) is 13.6. The van der Waals surface area contributed by atoms with Gasteiger partial charge < -0.3 is 10.5 Å². The Hall–Kier alpha value is -0.900. The fraction of sp³-hybridized carbons (Fsp3) is 0.667. The Labute approximate surface area is 129 Å². The molecule has 0 spiro atoms. The van der Waals surface area contributed by atoms with Crippen LogP contribution in [-0.4, -0.2) is 36.2 Å². The quantitative estimate of drug-likeness (QED) is 0.838. The van der Waals surface area contributed by atoms with Crippen molar-refractivity contribution in [1.82, 2.24) is 4.90 Å². The number of ether oxygens (including phenoxy) is 1. The molecule has 1 fully saturated rings. The molecule has 0 radical (unpaired) electrons. The highest BCUT2D eigenvalue weighted by atomic mass is 16.5. The lowest BCUT2D eigenvalue weighted by Gasteiger charge is -2.43. The summed E-state index contributed by atoms with van der Waals surface area (Å²) in [6.07, 6.45) is 4.40. The summed E-state index contributed by atoms with van der Waals surface area (Å²) >= 11 is 0. The minimum Gasteiger partial charge on any atom is -0.375 e. The maximum absolute atomic E-state index is 6.00. The van der Waals surface area contributed by atoms with Crippen LogP contribution in [0.5, 0.6) is 0 Å². The Balaban J connectivity index is 2.04. The fourth-order valence-electron chi connectivity index (χ4n) is 3.16. The molecule has 1 aromatic carbocycles. The summed E-state index contributed by atoms with van der Waals surface area (Å²) in [5.41, 5.74) is 7.16. The Morgan fingerprint density at radius 1 is 1.33 bits per heavy atom. The van der Waals surface area contributed by atoms with Crippen LogP contribution in [0.4, 0.5) is 0 Å². The van der Waals surface area contributed by atoms with Gasteiger partial charge in [0.1, 0.15) is 0 Å². The average molecular weight is 290 g/mol. The van der Waals surface area contributed by atoms with Crippen molar-refractivity contribution in [1.29, 1.82) is 0 Å². The third kappa shape index (κ3) is 4.80. The molecule has 0 aromatic heterocycles. The van der Waals surface area contributed by atoms with Crippen LogP contribution in [0.25, 0.3) is 0 Å². The van der Waals surface area contributed by atoms with Gasteiger partial charge in [-0.3, -0.25) is 4.90 Å². The first kappa shape index (κ1) is 16.5. The van der Waals surface area contributed by atoms with Crippen LogP contribution in [0, 0.1) is 0 Å². The van der Waals surface area contributed by atoms with Gasteiger partial charge in [0.05, 0.1) is 5.60 Å². The van der Waals surface area contributed by atoms with Gasteiger partial charge in [0, 0.05) is 19.2 Å². The lowest BCUT2D eigenvalue weighted by molar-refractivity contribution is -0.0977. The molecule has 0 aliphatic carbocycles. The number of nitrogens with zero attached hydrogens (tertiary/aromatic N) is 1. The van der Waals surface area contributed by atoms with Gasteiger partial charge in [-0.15, -0.1) is 0 Å². The highest BCUT2D eigenvalue weighted by molar-refractivity contribution is 5.14. The molecule has 1 aromatic rings. The monoisotopic (exact) mass is 290 g/mol. The summed E-state index contributed by atoms with van der Waals surface area (Å²) in [5, 5.41) is 0. The van der Waals surface area contributed by atoms with Crippen molar-refractivity contribution in [3.63, 3.8) is 0 Å². The fourth-order valence-corrected chi connectivity index (χ4v) is 3.16. The number of hydrogen-bond acceptors (Lipinski definition) is 3. The van der Waals surface area contributed by atoms with Crippen LogP contribution in [0.3, 0.4) is 0 Å². The molecular weight excluding hydrogens is 260 g/mol. The van der Waals surface area contributed by atoms with Crippen LogP contribution in [0.2, 0.25) is 0 Å². The van der Waals surface area contributed by atoms with E-state index in [1.165, 1.54) is 5.56 Å². The molecule has 2 atom stereocenters. The smallest absolute Gasteiger partial charge is 0.0666 e. The van der Waals surface area contributed by atoms with E-state index in [0.717, 1.165) is 51.9 Å². The van der Waals surface area contributed by atoms with Crippen molar-refractivity contribution in [3.05, 3.63) is 35.9 Å². The number of rotatable bonds is 7. The van der Waals surface area contributed by atoms with Crippen LogP contribution >= 0.6 is 0 Å². The second-order valence-corrected chi connectivity index (χ2v) is 6.40. The lowest BCUT2D eigenvalue weighted by atomic mass is 9.88. The SMILES string of the molecule is CCC1(C)CC(N(CCCN)Cc2ccccc2)CCO1. The maximum Gasteiger partial charge on any atom is 0.0666 e. The minimum atomic E-state index is 0.0422. The minimum absolute atomic E-state index is 0.0422. The molecule has 3 nitrogen and oxygen atoms in total. The molecule has 2 rings (SSSR count). The largest absolute Gasteiger partial charge is 0.375 e. The predicted molar refractivity (Wildman–Crippen MR) is 88.2 cm³/mol. The van der Waals surface area contributed by atoms with Crippen LogP contribution in [0.1, 0.15) is 45.1 Å². The standard InChI is InChI=1S/C18H30N2O/c1-3-18(2)14-17(10-13-21-18)20(12-7-11-19)15-16-8-5-4-6-9-16/h4-6,8-9,17H,3,7,10-15,19H2,1-2H3. The molecule has 3 heteroatoms. The van der Waals surface area contributed by atoms with Crippen molar-refractivity contribution in [2.75, 3.05) is 19.7 Å². The molecule has 0 saturated carbocycles. The summed E-state index contributed by atoms with van der Waals surface area (Å²) in [6.45, 7) is 8.22. The number of hydrogen-bond donors (Lipinski definition) is 1. The molecule has 2 N–H and O–H groups in total. The van der Waals surface area contributed by atoms with Crippen molar-refractivity contribution < 1.29 is 4.74 Å². The summed E-state index contributed by atoms with van der Waals surface area (Å²) in [5.74, 6) is 0. The van der Waals surface area contributed by atoms with Crippen LogP contribution in [-0.2, 0) is 11.3 Å². The van der Waals surface area contributed by atoms with Crippen molar-refractivity contribution in [2.45, 2.75) is 57.7 Å². The van der Waals surface area contributed by atoms with Crippen LogP contribution < -0.4 is 5.73 Å². The Bertz CT molecular complexity index is 409. The van der Waals surface area contributed by atoms with Gasteiger partial charge in [0.25, 0.3) is 0 Å². The van der Waals surface area contributed by atoms with E-state index in [1.807, 2.05) is 0 Å². The van der Waals surface area contributed by atoms with Crippen molar-refractivity contribution in [3.8, 4) is 0 Å². The Kier molecular flexibility index (Phi) is 6.22. The van der Waals surface area contributed by atoms with Gasteiger partial charge in [-0.2, -0.15) is 0 Å². The molecule has 1 aliphatic rings.